The molecule has 0 amide bonds. The quantitative estimate of drug-likeness (QED) is 0.424. The molecule has 0 atom stereocenters. The number of rotatable bonds is 1. The molecule has 0 aromatic rings. The number of carboxylic acid groups (broad SMARTS) is 1. The number of hydrogen-bond acceptors (Lipinski definition) is 2. The molecule has 2 nitrogen and oxygen atoms in total. The molecule has 0 radical (unpaired) electrons. The van der Waals surface area contributed by atoms with E-state index in [0.717, 1.165) is 6.92 Å². The van der Waals surface area contributed by atoms with Gasteiger partial charge in [0.2, 0.25) is 0 Å². The van der Waals surface area contributed by atoms with Crippen LogP contribution in [0.25, 0.3) is 0 Å². The maximum atomic E-state index is 11.1. The van der Waals surface area contributed by atoms with Crippen molar-refractivity contribution in [3.63, 3.8) is 0 Å². The molecule has 0 fully saturated rings. The molecule has 0 bridgehead atoms. The number of carboxylic acids is 1. The summed E-state index contributed by atoms with van der Waals surface area (Å²) in [5, 5.41) is 9.51. The molecule has 0 unspecified atom stereocenters. The summed E-state index contributed by atoms with van der Waals surface area (Å²) in [4.78, 5) is 9.51. The Kier molecular flexibility index (Phi) is 2.05. The number of aliphatic carboxylic acids is 1. The fourth-order valence-corrected chi connectivity index (χ4v) is 0.0445. The van der Waals surface area contributed by atoms with Crippen LogP contribution in [0.3, 0.4) is 0 Å². The van der Waals surface area contributed by atoms with Crippen molar-refractivity contribution in [1.29, 1.82) is 0 Å². The molecule has 40 valence electrons. The van der Waals surface area contributed by atoms with Gasteiger partial charge in [-0.15, -0.1) is 0 Å². The minimum Gasteiger partial charge on any atom is -0.545 e. The van der Waals surface area contributed by atoms with E-state index < -0.39 is 5.97 Å². The van der Waals surface area contributed by atoms with Gasteiger partial charge >= 0.3 is 0 Å². The van der Waals surface area contributed by atoms with Gasteiger partial charge in [-0.3, -0.25) is 0 Å². The Balaban J connectivity index is 3.82. The van der Waals surface area contributed by atoms with Crippen molar-refractivity contribution < 1.29 is 14.3 Å². The molecule has 0 spiro atoms. The smallest absolute Gasteiger partial charge is 0.0914 e. The first-order chi connectivity index (χ1) is 3.18. The second kappa shape index (κ2) is 2.34. The largest absolute Gasteiger partial charge is 0.545 e. The van der Waals surface area contributed by atoms with Crippen molar-refractivity contribution in [1.82, 2.24) is 0 Å². The number of carbonyl (C=O) groups excluding carboxylic acids is 1. The lowest BCUT2D eigenvalue weighted by molar-refractivity contribution is -0.299. The molecular weight excluding hydrogens is 99.0 g/mol. The third-order valence-electron chi connectivity index (χ3n) is 0.486. The van der Waals surface area contributed by atoms with Gasteiger partial charge in [-0.05, 0) is 12.5 Å². The maximum absolute atomic E-state index is 11.1. The van der Waals surface area contributed by atoms with Crippen LogP contribution < -0.4 is 5.11 Å². The molecule has 0 aromatic heterocycles. The zero-order valence-corrected chi connectivity index (χ0v) is 3.77. The topological polar surface area (TPSA) is 40.1 Å². The van der Waals surface area contributed by atoms with Gasteiger partial charge in [-0.1, -0.05) is 0 Å². The first-order valence-electron chi connectivity index (χ1n) is 1.67. The molecule has 3 heteroatoms. The first-order valence-corrected chi connectivity index (χ1v) is 1.67. The van der Waals surface area contributed by atoms with E-state index in [9.17, 15) is 14.3 Å². The second-order valence-electron chi connectivity index (χ2n) is 1.08. The number of halogens is 1. The van der Waals surface area contributed by atoms with Gasteiger partial charge in [0.1, 0.15) is 0 Å². The molecule has 0 rings (SSSR count). The van der Waals surface area contributed by atoms with Gasteiger partial charge in [0.25, 0.3) is 0 Å². The third kappa shape index (κ3) is 1.92. The molecule has 0 saturated carbocycles. The Labute approximate surface area is 40.3 Å². The lowest BCUT2D eigenvalue weighted by atomic mass is 10.4. The van der Waals surface area contributed by atoms with Crippen molar-refractivity contribution in [3.8, 4) is 0 Å². The van der Waals surface area contributed by atoms with Crippen LogP contribution in [-0.4, -0.2) is 5.97 Å². The fraction of sp³-hybridized carbons (Fsp3) is 0.250. The molecule has 7 heavy (non-hydrogen) atoms. The minimum atomic E-state index is -1.47. The molecular formula is C4H4FO2-. The summed E-state index contributed by atoms with van der Waals surface area (Å²) in [5.41, 5.74) is -0.389. The van der Waals surface area contributed by atoms with Crippen molar-refractivity contribution in [2.24, 2.45) is 0 Å². The highest BCUT2D eigenvalue weighted by Crippen LogP contribution is 1.87. The zero-order chi connectivity index (χ0) is 5.86. The van der Waals surface area contributed by atoms with E-state index >= 15 is 0 Å². The van der Waals surface area contributed by atoms with Crippen molar-refractivity contribution in [2.45, 2.75) is 6.92 Å². The van der Waals surface area contributed by atoms with E-state index in [-0.39, 0.29) is 11.9 Å². The van der Waals surface area contributed by atoms with Crippen LogP contribution >= 0.6 is 0 Å². The van der Waals surface area contributed by atoms with Crippen molar-refractivity contribution >= 4 is 5.97 Å². The minimum absolute atomic E-state index is 0.00463. The summed E-state index contributed by atoms with van der Waals surface area (Å²) in [5.74, 6) is -1.47. The van der Waals surface area contributed by atoms with E-state index in [0.29, 0.717) is 0 Å². The highest BCUT2D eigenvalue weighted by molar-refractivity contribution is 5.83. The summed E-state index contributed by atoms with van der Waals surface area (Å²) in [7, 11) is 0. The SMILES string of the molecule is CC(=CF)C(=O)[O-]. The molecule has 0 N–H and O–H groups in total. The fourth-order valence-electron chi connectivity index (χ4n) is 0.0445. The zero-order valence-electron chi connectivity index (χ0n) is 3.77. The summed E-state index contributed by atoms with van der Waals surface area (Å²) < 4.78 is 11.1. The molecule has 0 heterocycles. The van der Waals surface area contributed by atoms with E-state index in [1.54, 1.807) is 0 Å². The van der Waals surface area contributed by atoms with Crippen LogP contribution in [0.4, 0.5) is 4.39 Å². The van der Waals surface area contributed by atoms with E-state index in [4.69, 9.17) is 0 Å². The second-order valence-corrected chi connectivity index (χ2v) is 1.08. The monoisotopic (exact) mass is 103 g/mol. The van der Waals surface area contributed by atoms with Crippen LogP contribution in [0, 0.1) is 0 Å². The highest BCUT2D eigenvalue weighted by atomic mass is 19.1. The highest BCUT2D eigenvalue weighted by Gasteiger charge is 1.83. The Hall–Kier alpha value is -0.860. The van der Waals surface area contributed by atoms with Gasteiger partial charge in [0.05, 0.1) is 12.3 Å². The van der Waals surface area contributed by atoms with Crippen LogP contribution in [0.2, 0.25) is 0 Å². The maximum Gasteiger partial charge on any atom is 0.0914 e. The van der Waals surface area contributed by atoms with Crippen molar-refractivity contribution in [3.05, 3.63) is 11.9 Å². The van der Waals surface area contributed by atoms with Crippen LogP contribution in [-0.2, 0) is 4.79 Å². The Morgan fingerprint density at radius 2 is 2.29 bits per heavy atom. The lowest BCUT2D eigenvalue weighted by Gasteiger charge is -1.94. The third-order valence-corrected chi connectivity index (χ3v) is 0.486. The first kappa shape index (κ1) is 6.14. The van der Waals surface area contributed by atoms with E-state index in [1.165, 1.54) is 0 Å². The van der Waals surface area contributed by atoms with Gasteiger partial charge in [0.15, 0.2) is 0 Å². The summed E-state index contributed by atoms with van der Waals surface area (Å²) in [6, 6.07) is 0. The predicted octanol–water partition coefficient (Wildman–Crippen LogP) is -0.390. The van der Waals surface area contributed by atoms with Gasteiger partial charge in [0, 0.05) is 0 Å². The molecule has 0 aromatic carbocycles. The number of hydrogen-bond donors (Lipinski definition) is 0. The normalized spacial score (nSPS) is 11.4. The van der Waals surface area contributed by atoms with Gasteiger partial charge < -0.3 is 9.90 Å². The van der Waals surface area contributed by atoms with Gasteiger partial charge in [-0.25, -0.2) is 4.39 Å². The van der Waals surface area contributed by atoms with Gasteiger partial charge in [-0.2, -0.15) is 0 Å². The van der Waals surface area contributed by atoms with E-state index in [2.05, 4.69) is 0 Å². The number of carbonyl (C=O) groups is 1. The molecule has 0 aliphatic rings. The van der Waals surface area contributed by atoms with Crippen LogP contribution in [0.15, 0.2) is 11.9 Å². The van der Waals surface area contributed by atoms with E-state index in [1.807, 2.05) is 0 Å². The summed E-state index contributed by atoms with van der Waals surface area (Å²) in [6.45, 7) is 1.12. The average molecular weight is 103 g/mol. The summed E-state index contributed by atoms with van der Waals surface area (Å²) >= 11 is 0. The average Bonchev–Trinajstić information content (AvgIpc) is 1.65. The predicted molar refractivity (Wildman–Crippen MR) is 19.9 cm³/mol. The van der Waals surface area contributed by atoms with Crippen molar-refractivity contribution in [2.75, 3.05) is 0 Å². The Morgan fingerprint density at radius 3 is 2.29 bits per heavy atom. The molecule has 0 aliphatic heterocycles. The lowest BCUT2D eigenvalue weighted by Crippen LogP contribution is -2.22. The van der Waals surface area contributed by atoms with Crippen LogP contribution in [0.5, 0.6) is 0 Å². The Bertz CT molecular complexity index is 106. The molecule has 0 aliphatic carbocycles. The summed E-state index contributed by atoms with van der Waals surface area (Å²) in [6.07, 6.45) is -0.00463. The molecule has 0 saturated heterocycles. The standard InChI is InChI=1S/C4H5FO2/c1-3(2-5)4(6)7/h2H,1H3,(H,6,7)/p-1. The van der Waals surface area contributed by atoms with Crippen LogP contribution in [0.1, 0.15) is 6.92 Å². The Morgan fingerprint density at radius 1 is 1.86 bits per heavy atom.